The van der Waals surface area contributed by atoms with Gasteiger partial charge in [-0.3, -0.25) is 4.79 Å². The molecule has 1 saturated heterocycles. The minimum atomic E-state index is -1.00. The second-order valence-electron chi connectivity index (χ2n) is 6.63. The lowest BCUT2D eigenvalue weighted by molar-refractivity contribution is 0.0701. The Balaban J connectivity index is 1.67. The summed E-state index contributed by atoms with van der Waals surface area (Å²) in [5.74, 6) is 0.887. The van der Waals surface area contributed by atoms with Gasteiger partial charge in [0.15, 0.2) is 0 Å². The molecule has 1 N–H and O–H groups in total. The van der Waals surface area contributed by atoms with E-state index in [-0.39, 0.29) is 16.7 Å². The Morgan fingerprint density at radius 2 is 1.77 bits per heavy atom. The van der Waals surface area contributed by atoms with Gasteiger partial charge in [0.2, 0.25) is 0 Å². The number of carbonyl (C=O) groups is 2. The van der Waals surface area contributed by atoms with Gasteiger partial charge in [-0.25, -0.2) is 14.8 Å². The Hall–Kier alpha value is -2.48. The third-order valence-corrected chi connectivity index (χ3v) is 5.35. The number of hydrogen-bond donors (Lipinski definition) is 1. The summed E-state index contributed by atoms with van der Waals surface area (Å²) in [5.41, 5.74) is 0.942. The standard InChI is InChI=1S/C18H22N4O3S/c1-11(2)16-19-12(3)10-15(20-16)21-6-8-22(9-7-21)17(23)13-4-5-14(26-13)18(24)25/h4-5,10-11H,6-9H2,1-3H3,(H,24,25). The van der Waals surface area contributed by atoms with E-state index in [0.717, 1.165) is 28.7 Å². The van der Waals surface area contributed by atoms with Crippen molar-refractivity contribution in [3.05, 3.63) is 39.5 Å². The molecular weight excluding hydrogens is 352 g/mol. The third-order valence-electron chi connectivity index (χ3n) is 4.29. The van der Waals surface area contributed by atoms with Gasteiger partial charge in [-0.2, -0.15) is 0 Å². The molecule has 0 aromatic carbocycles. The summed E-state index contributed by atoms with van der Waals surface area (Å²) in [6, 6.07) is 5.04. The Labute approximate surface area is 156 Å². The first-order valence-corrected chi connectivity index (χ1v) is 9.39. The van der Waals surface area contributed by atoms with E-state index in [9.17, 15) is 9.59 Å². The van der Waals surface area contributed by atoms with Gasteiger partial charge in [0, 0.05) is 43.9 Å². The van der Waals surface area contributed by atoms with Crippen LogP contribution in [0, 0.1) is 6.92 Å². The van der Waals surface area contributed by atoms with Crippen LogP contribution in [-0.4, -0.2) is 58.0 Å². The zero-order valence-electron chi connectivity index (χ0n) is 15.1. The summed E-state index contributed by atoms with van der Waals surface area (Å²) in [7, 11) is 0. The zero-order chi connectivity index (χ0) is 18.8. The number of thiophene rings is 1. The van der Waals surface area contributed by atoms with Crippen LogP contribution in [0.1, 0.15) is 50.6 Å². The molecule has 138 valence electrons. The first-order valence-electron chi connectivity index (χ1n) is 8.58. The molecule has 3 heterocycles. The maximum absolute atomic E-state index is 12.6. The van der Waals surface area contributed by atoms with E-state index in [1.165, 1.54) is 6.07 Å². The number of carboxylic acid groups (broad SMARTS) is 1. The van der Waals surface area contributed by atoms with Gasteiger partial charge < -0.3 is 14.9 Å². The molecule has 0 bridgehead atoms. The Morgan fingerprint density at radius 1 is 1.12 bits per heavy atom. The summed E-state index contributed by atoms with van der Waals surface area (Å²) in [4.78, 5) is 37.3. The fraction of sp³-hybridized carbons (Fsp3) is 0.444. The van der Waals surface area contributed by atoms with Crippen molar-refractivity contribution in [2.45, 2.75) is 26.7 Å². The lowest BCUT2D eigenvalue weighted by atomic mass is 10.2. The van der Waals surface area contributed by atoms with E-state index in [2.05, 4.69) is 28.7 Å². The molecule has 8 heteroatoms. The molecule has 1 amide bonds. The van der Waals surface area contributed by atoms with Gasteiger partial charge in [-0.05, 0) is 19.1 Å². The van der Waals surface area contributed by atoms with Crippen LogP contribution < -0.4 is 4.90 Å². The number of aromatic carboxylic acids is 1. The predicted octanol–water partition coefficient (Wildman–Crippen LogP) is 2.63. The highest BCUT2D eigenvalue weighted by Crippen LogP contribution is 2.22. The van der Waals surface area contributed by atoms with Gasteiger partial charge in [-0.1, -0.05) is 13.8 Å². The van der Waals surface area contributed by atoms with Crippen molar-refractivity contribution < 1.29 is 14.7 Å². The summed E-state index contributed by atoms with van der Waals surface area (Å²) >= 11 is 1.02. The van der Waals surface area contributed by atoms with Crippen molar-refractivity contribution in [3.8, 4) is 0 Å². The maximum atomic E-state index is 12.6. The van der Waals surface area contributed by atoms with Crippen LogP contribution in [0.15, 0.2) is 18.2 Å². The quantitative estimate of drug-likeness (QED) is 0.885. The normalized spacial score (nSPS) is 14.8. The molecule has 26 heavy (non-hydrogen) atoms. The van der Waals surface area contributed by atoms with Crippen LogP contribution in [0.4, 0.5) is 5.82 Å². The monoisotopic (exact) mass is 374 g/mol. The molecule has 2 aromatic rings. The first-order chi connectivity index (χ1) is 12.3. The van der Waals surface area contributed by atoms with Crippen LogP contribution in [0.25, 0.3) is 0 Å². The van der Waals surface area contributed by atoms with Crippen molar-refractivity contribution in [1.82, 2.24) is 14.9 Å². The number of aryl methyl sites for hydroxylation is 1. The number of aromatic nitrogens is 2. The predicted molar refractivity (Wildman–Crippen MR) is 100 cm³/mol. The molecule has 1 aliphatic heterocycles. The molecular formula is C18H22N4O3S. The third kappa shape index (κ3) is 3.85. The number of carboxylic acids is 1. The van der Waals surface area contributed by atoms with Crippen molar-refractivity contribution in [2.24, 2.45) is 0 Å². The smallest absolute Gasteiger partial charge is 0.345 e. The lowest BCUT2D eigenvalue weighted by Crippen LogP contribution is -2.49. The number of rotatable bonds is 4. The molecule has 0 unspecified atom stereocenters. The average molecular weight is 374 g/mol. The lowest BCUT2D eigenvalue weighted by Gasteiger charge is -2.35. The number of hydrogen-bond acceptors (Lipinski definition) is 6. The van der Waals surface area contributed by atoms with Crippen molar-refractivity contribution >= 4 is 29.0 Å². The Bertz CT molecular complexity index is 826. The second kappa shape index (κ2) is 7.41. The Morgan fingerprint density at radius 3 is 2.35 bits per heavy atom. The topological polar surface area (TPSA) is 86.6 Å². The Kier molecular flexibility index (Phi) is 5.22. The molecule has 2 aromatic heterocycles. The van der Waals surface area contributed by atoms with E-state index in [1.54, 1.807) is 11.0 Å². The SMILES string of the molecule is Cc1cc(N2CCN(C(=O)c3ccc(C(=O)O)s3)CC2)nc(C(C)C)n1. The molecule has 0 spiro atoms. The van der Waals surface area contributed by atoms with E-state index in [4.69, 9.17) is 5.11 Å². The summed E-state index contributed by atoms with van der Waals surface area (Å²) in [6.07, 6.45) is 0. The van der Waals surface area contributed by atoms with Gasteiger partial charge in [-0.15, -0.1) is 11.3 Å². The van der Waals surface area contributed by atoms with E-state index < -0.39 is 5.97 Å². The molecule has 7 nitrogen and oxygen atoms in total. The molecule has 0 radical (unpaired) electrons. The highest BCUT2D eigenvalue weighted by atomic mass is 32.1. The van der Waals surface area contributed by atoms with E-state index in [1.807, 2.05) is 13.0 Å². The van der Waals surface area contributed by atoms with Crippen LogP contribution >= 0.6 is 11.3 Å². The van der Waals surface area contributed by atoms with Gasteiger partial charge >= 0.3 is 5.97 Å². The summed E-state index contributed by atoms with van der Waals surface area (Å²) < 4.78 is 0. The van der Waals surface area contributed by atoms with Gasteiger partial charge in [0.1, 0.15) is 16.5 Å². The van der Waals surface area contributed by atoms with Crippen LogP contribution in [0.2, 0.25) is 0 Å². The van der Waals surface area contributed by atoms with Crippen molar-refractivity contribution in [1.29, 1.82) is 0 Å². The second-order valence-corrected chi connectivity index (χ2v) is 7.71. The average Bonchev–Trinajstić information content (AvgIpc) is 3.11. The van der Waals surface area contributed by atoms with Gasteiger partial charge in [0.25, 0.3) is 5.91 Å². The minimum Gasteiger partial charge on any atom is -0.477 e. The molecule has 0 atom stereocenters. The number of carbonyl (C=O) groups excluding carboxylic acids is 1. The highest BCUT2D eigenvalue weighted by molar-refractivity contribution is 7.15. The maximum Gasteiger partial charge on any atom is 0.345 e. The summed E-state index contributed by atoms with van der Waals surface area (Å²) in [6.45, 7) is 8.66. The molecule has 1 aliphatic rings. The van der Waals surface area contributed by atoms with E-state index >= 15 is 0 Å². The molecule has 0 aliphatic carbocycles. The fourth-order valence-corrected chi connectivity index (χ4v) is 3.67. The minimum absolute atomic E-state index is 0.108. The molecule has 3 rings (SSSR count). The fourth-order valence-electron chi connectivity index (χ4n) is 2.86. The number of piperazine rings is 1. The van der Waals surface area contributed by atoms with Crippen LogP contribution in [0.5, 0.6) is 0 Å². The first kappa shape index (κ1) is 18.3. The highest BCUT2D eigenvalue weighted by Gasteiger charge is 2.25. The molecule has 1 fully saturated rings. The number of nitrogens with zero attached hydrogens (tertiary/aromatic N) is 4. The number of amides is 1. The van der Waals surface area contributed by atoms with Crippen LogP contribution in [-0.2, 0) is 0 Å². The van der Waals surface area contributed by atoms with E-state index in [0.29, 0.717) is 31.1 Å². The van der Waals surface area contributed by atoms with Gasteiger partial charge in [0.05, 0.1) is 4.88 Å². The van der Waals surface area contributed by atoms with Crippen molar-refractivity contribution in [2.75, 3.05) is 31.1 Å². The largest absolute Gasteiger partial charge is 0.477 e. The van der Waals surface area contributed by atoms with Crippen molar-refractivity contribution in [3.63, 3.8) is 0 Å². The van der Waals surface area contributed by atoms with Crippen LogP contribution in [0.3, 0.4) is 0 Å². The zero-order valence-corrected chi connectivity index (χ0v) is 15.9. The summed E-state index contributed by atoms with van der Waals surface area (Å²) in [5, 5.41) is 9.00. The molecule has 0 saturated carbocycles. The number of anilines is 1.